The van der Waals surface area contributed by atoms with Crippen LogP contribution in [0, 0.1) is 0 Å². The summed E-state index contributed by atoms with van der Waals surface area (Å²) in [4.78, 5) is 2.39. The molecule has 0 bridgehead atoms. The Morgan fingerprint density at radius 3 is 2.50 bits per heavy atom. The van der Waals surface area contributed by atoms with Crippen LogP contribution in [0.3, 0.4) is 0 Å². The highest BCUT2D eigenvalue weighted by atomic mass is 16.5. The van der Waals surface area contributed by atoms with Gasteiger partial charge in [0.1, 0.15) is 5.75 Å². The second-order valence-corrected chi connectivity index (χ2v) is 5.66. The first-order chi connectivity index (χ1) is 9.67. The smallest absolute Gasteiger partial charge is 0.119 e. The molecular formula is C17H26N2O. The van der Waals surface area contributed by atoms with E-state index in [4.69, 9.17) is 4.74 Å². The van der Waals surface area contributed by atoms with Crippen molar-refractivity contribution in [2.45, 2.75) is 31.7 Å². The zero-order valence-corrected chi connectivity index (χ0v) is 12.7. The predicted octanol–water partition coefficient (Wildman–Crippen LogP) is 3.54. The predicted molar refractivity (Wildman–Crippen MR) is 85.5 cm³/mol. The number of hydrogen-bond acceptors (Lipinski definition) is 3. The van der Waals surface area contributed by atoms with Crippen LogP contribution in [-0.2, 0) is 0 Å². The number of rotatable bonds is 6. The molecule has 1 heterocycles. The quantitative estimate of drug-likeness (QED) is 0.803. The summed E-state index contributed by atoms with van der Waals surface area (Å²) < 4.78 is 5.49. The van der Waals surface area contributed by atoms with Gasteiger partial charge in [-0.15, -0.1) is 6.58 Å². The molecule has 0 saturated carbocycles. The molecule has 0 aromatic heterocycles. The molecule has 3 nitrogen and oxygen atoms in total. The average molecular weight is 274 g/mol. The summed E-state index contributed by atoms with van der Waals surface area (Å²) in [7, 11) is 2.19. The molecule has 1 aromatic carbocycles. The van der Waals surface area contributed by atoms with Crippen molar-refractivity contribution in [1.82, 2.24) is 4.90 Å². The topological polar surface area (TPSA) is 24.5 Å². The summed E-state index contributed by atoms with van der Waals surface area (Å²) in [6.07, 6.45) is 5.35. The first-order valence-corrected chi connectivity index (χ1v) is 7.48. The zero-order valence-electron chi connectivity index (χ0n) is 12.7. The van der Waals surface area contributed by atoms with Gasteiger partial charge >= 0.3 is 0 Å². The monoisotopic (exact) mass is 274 g/mol. The molecule has 0 spiro atoms. The fourth-order valence-corrected chi connectivity index (χ4v) is 2.81. The Morgan fingerprint density at radius 1 is 1.30 bits per heavy atom. The molecule has 1 aromatic rings. The first kappa shape index (κ1) is 14.9. The minimum absolute atomic E-state index is 0.154. The minimum atomic E-state index is 0.154. The highest BCUT2D eigenvalue weighted by molar-refractivity contribution is 5.48. The van der Waals surface area contributed by atoms with E-state index in [0.717, 1.165) is 38.1 Å². The molecule has 2 rings (SSSR count). The zero-order chi connectivity index (χ0) is 14.4. The molecule has 110 valence electrons. The van der Waals surface area contributed by atoms with Crippen LogP contribution in [0.4, 0.5) is 5.69 Å². The van der Waals surface area contributed by atoms with E-state index in [2.05, 4.69) is 36.0 Å². The van der Waals surface area contributed by atoms with E-state index in [1.165, 1.54) is 5.69 Å². The molecule has 3 heteroatoms. The summed E-state index contributed by atoms with van der Waals surface area (Å²) in [5.74, 6) is 0.930. The van der Waals surface area contributed by atoms with E-state index in [9.17, 15) is 0 Å². The molecule has 0 radical (unpaired) electrons. The largest absolute Gasteiger partial charge is 0.494 e. The molecule has 0 atom stereocenters. The van der Waals surface area contributed by atoms with Gasteiger partial charge in [-0.25, -0.2) is 0 Å². The summed E-state index contributed by atoms with van der Waals surface area (Å²) in [5, 5.41) is 3.73. The number of ether oxygens (including phenoxy) is 1. The van der Waals surface area contributed by atoms with Crippen molar-refractivity contribution in [3.8, 4) is 5.75 Å². The van der Waals surface area contributed by atoms with E-state index < -0.39 is 0 Å². The number of nitrogens with zero attached hydrogens (tertiary/aromatic N) is 1. The van der Waals surface area contributed by atoms with Gasteiger partial charge in [0.2, 0.25) is 0 Å². The third kappa shape index (κ3) is 3.76. The highest BCUT2D eigenvalue weighted by Gasteiger charge is 2.32. The Balaban J connectivity index is 2.05. The molecule has 1 fully saturated rings. The van der Waals surface area contributed by atoms with Gasteiger partial charge in [-0.1, -0.05) is 6.08 Å². The Hall–Kier alpha value is -1.48. The van der Waals surface area contributed by atoms with Gasteiger partial charge in [0.05, 0.1) is 6.61 Å². The van der Waals surface area contributed by atoms with E-state index in [1.807, 2.05) is 25.1 Å². The number of likely N-dealkylation sites (tertiary alicyclic amines) is 1. The Bertz CT molecular complexity index is 419. The molecule has 1 N–H and O–H groups in total. The third-order valence-electron chi connectivity index (χ3n) is 4.05. The van der Waals surface area contributed by atoms with Crippen LogP contribution < -0.4 is 10.1 Å². The highest BCUT2D eigenvalue weighted by Crippen LogP contribution is 2.30. The van der Waals surface area contributed by atoms with E-state index in [-0.39, 0.29) is 5.54 Å². The van der Waals surface area contributed by atoms with E-state index >= 15 is 0 Å². The van der Waals surface area contributed by atoms with Crippen molar-refractivity contribution in [2.75, 3.05) is 32.1 Å². The standard InChI is InChI=1S/C17H26N2O/c1-4-10-17(11-13-19(3)14-12-17)18-15-6-8-16(9-7-15)20-5-2/h4,6-9,18H,1,5,10-14H2,2-3H3. The molecule has 0 unspecified atom stereocenters. The van der Waals surface area contributed by atoms with Crippen LogP contribution in [-0.4, -0.2) is 37.2 Å². The van der Waals surface area contributed by atoms with Crippen molar-refractivity contribution < 1.29 is 4.74 Å². The van der Waals surface area contributed by atoms with E-state index in [1.54, 1.807) is 0 Å². The second-order valence-electron chi connectivity index (χ2n) is 5.66. The average Bonchev–Trinajstić information content (AvgIpc) is 2.45. The molecule has 0 amide bonds. The summed E-state index contributed by atoms with van der Waals surface area (Å²) in [6, 6.07) is 8.27. The van der Waals surface area contributed by atoms with Crippen LogP contribution in [0.2, 0.25) is 0 Å². The lowest BCUT2D eigenvalue weighted by Crippen LogP contribution is -2.47. The maximum absolute atomic E-state index is 5.49. The fourth-order valence-electron chi connectivity index (χ4n) is 2.81. The number of hydrogen-bond donors (Lipinski definition) is 1. The molecule has 0 aliphatic carbocycles. The Morgan fingerprint density at radius 2 is 1.95 bits per heavy atom. The van der Waals surface area contributed by atoms with Gasteiger partial charge < -0.3 is 15.0 Å². The maximum atomic E-state index is 5.49. The van der Waals surface area contributed by atoms with Crippen LogP contribution >= 0.6 is 0 Å². The van der Waals surface area contributed by atoms with Crippen molar-refractivity contribution in [1.29, 1.82) is 0 Å². The van der Waals surface area contributed by atoms with Crippen LogP contribution in [0.5, 0.6) is 5.75 Å². The number of anilines is 1. The SMILES string of the molecule is C=CCC1(Nc2ccc(OCC)cc2)CCN(C)CC1. The van der Waals surface area contributed by atoms with Crippen molar-refractivity contribution in [2.24, 2.45) is 0 Å². The van der Waals surface area contributed by atoms with Gasteiger partial charge in [-0.2, -0.15) is 0 Å². The molecule has 1 saturated heterocycles. The third-order valence-corrected chi connectivity index (χ3v) is 4.05. The Kier molecular flexibility index (Phi) is 5.07. The maximum Gasteiger partial charge on any atom is 0.119 e. The fraction of sp³-hybridized carbons (Fsp3) is 0.529. The second kappa shape index (κ2) is 6.80. The first-order valence-electron chi connectivity index (χ1n) is 7.48. The van der Waals surface area contributed by atoms with Crippen LogP contribution in [0.15, 0.2) is 36.9 Å². The van der Waals surface area contributed by atoms with Crippen LogP contribution in [0.1, 0.15) is 26.2 Å². The lowest BCUT2D eigenvalue weighted by Gasteiger charge is -2.41. The summed E-state index contributed by atoms with van der Waals surface area (Å²) >= 11 is 0. The number of piperidine rings is 1. The van der Waals surface area contributed by atoms with Gasteiger partial charge in [-0.3, -0.25) is 0 Å². The molecular weight excluding hydrogens is 248 g/mol. The lowest BCUT2D eigenvalue weighted by atomic mass is 9.84. The van der Waals surface area contributed by atoms with Gasteiger partial charge in [0.25, 0.3) is 0 Å². The number of nitrogens with one attached hydrogen (secondary N) is 1. The normalized spacial score (nSPS) is 18.5. The molecule has 20 heavy (non-hydrogen) atoms. The van der Waals surface area contributed by atoms with Gasteiger partial charge in [-0.05, 0) is 57.5 Å². The van der Waals surface area contributed by atoms with Gasteiger partial charge in [0, 0.05) is 24.3 Å². The van der Waals surface area contributed by atoms with Crippen molar-refractivity contribution in [3.63, 3.8) is 0 Å². The summed E-state index contributed by atoms with van der Waals surface area (Å²) in [6.45, 7) is 8.91. The Labute approximate surface area is 122 Å². The molecule has 1 aliphatic rings. The summed E-state index contributed by atoms with van der Waals surface area (Å²) in [5.41, 5.74) is 1.32. The lowest BCUT2D eigenvalue weighted by molar-refractivity contribution is 0.206. The van der Waals surface area contributed by atoms with Crippen molar-refractivity contribution >= 4 is 5.69 Å². The number of benzene rings is 1. The van der Waals surface area contributed by atoms with Crippen molar-refractivity contribution in [3.05, 3.63) is 36.9 Å². The molecule has 1 aliphatic heterocycles. The minimum Gasteiger partial charge on any atom is -0.494 e. The van der Waals surface area contributed by atoms with Crippen LogP contribution in [0.25, 0.3) is 0 Å². The van der Waals surface area contributed by atoms with E-state index in [0.29, 0.717) is 6.61 Å². The van der Waals surface area contributed by atoms with Gasteiger partial charge in [0.15, 0.2) is 0 Å².